The van der Waals surface area contributed by atoms with E-state index in [1.54, 1.807) is 0 Å². The van der Waals surface area contributed by atoms with Crippen molar-refractivity contribution in [1.29, 1.82) is 0 Å². The van der Waals surface area contributed by atoms with Gasteiger partial charge in [-0.3, -0.25) is 40.5 Å². The lowest BCUT2D eigenvalue weighted by Crippen LogP contribution is -2.49. The first kappa shape index (κ1) is 20.6. The van der Waals surface area contributed by atoms with Gasteiger partial charge in [-0.25, -0.2) is 0 Å². The molecule has 0 aromatic rings. The Morgan fingerprint density at radius 1 is 0.741 bits per heavy atom. The number of hydrogen-bond donors (Lipinski definition) is 0. The average Bonchev–Trinajstić information content (AvgIpc) is 3.22. The van der Waals surface area contributed by atoms with Gasteiger partial charge in [-0.2, -0.15) is 0 Å². The summed E-state index contributed by atoms with van der Waals surface area (Å²) in [6, 6.07) is 0. The van der Waals surface area contributed by atoms with Gasteiger partial charge in [0.05, 0.1) is 13.2 Å². The summed E-state index contributed by atoms with van der Waals surface area (Å²) in [5.74, 6) is -11.6. The highest BCUT2D eigenvalue weighted by molar-refractivity contribution is 4.79. The van der Waals surface area contributed by atoms with Crippen LogP contribution in [0.1, 0.15) is 12.8 Å². The van der Waals surface area contributed by atoms with Gasteiger partial charge in [0.15, 0.2) is 24.4 Å². The summed E-state index contributed by atoms with van der Waals surface area (Å²) in [5, 5.41) is 42.7. The van der Waals surface area contributed by atoms with Crippen LogP contribution in [0.5, 0.6) is 0 Å². The largest absolute Gasteiger partial charge is 0.619 e. The maximum absolute atomic E-state index is 14.1. The van der Waals surface area contributed by atoms with Gasteiger partial charge in [-0.1, -0.05) is 8.78 Å². The molecule has 0 aromatic heterocycles. The first-order valence-electron chi connectivity index (χ1n) is 7.28. The Bertz CT molecular complexity index is 581. The van der Waals surface area contributed by atoms with Crippen molar-refractivity contribution < 1.29 is 42.7 Å². The zero-order chi connectivity index (χ0) is 20.6. The molecule has 0 aromatic carbocycles. The van der Waals surface area contributed by atoms with E-state index in [0.29, 0.717) is 0 Å². The Morgan fingerprint density at radius 3 is 1.30 bits per heavy atom. The number of ether oxygens (including phenoxy) is 3. The number of alkyl halides is 2. The molecule has 4 atom stereocenters. The first-order valence-corrected chi connectivity index (χ1v) is 7.28. The van der Waals surface area contributed by atoms with E-state index in [9.17, 15) is 49.2 Å². The van der Waals surface area contributed by atoms with Crippen molar-refractivity contribution in [2.45, 2.75) is 37.3 Å². The summed E-state index contributed by atoms with van der Waals surface area (Å²) >= 11 is 0. The van der Waals surface area contributed by atoms with E-state index in [1.807, 2.05) is 0 Å². The molecular formula is C10H12F2N4O11. The third-order valence-corrected chi connectivity index (χ3v) is 4.29. The summed E-state index contributed by atoms with van der Waals surface area (Å²) in [6.45, 7) is -1.48. The molecule has 0 radical (unpaired) electrons. The molecule has 2 aliphatic rings. The minimum atomic E-state index is -4.01. The molecule has 2 aliphatic heterocycles. The molecule has 27 heavy (non-hydrogen) atoms. The Morgan fingerprint density at radius 2 is 1.04 bits per heavy atom. The van der Waals surface area contributed by atoms with Crippen molar-refractivity contribution in [2.24, 2.45) is 11.8 Å². The highest BCUT2D eigenvalue weighted by Crippen LogP contribution is 2.38. The van der Waals surface area contributed by atoms with Crippen LogP contribution in [0.15, 0.2) is 0 Å². The second-order valence-corrected chi connectivity index (χ2v) is 5.83. The lowest BCUT2D eigenvalue weighted by molar-refractivity contribution is -0.841. The summed E-state index contributed by atoms with van der Waals surface area (Å²) in [4.78, 5) is 35.9. The van der Waals surface area contributed by atoms with Gasteiger partial charge in [0.25, 0.3) is 0 Å². The van der Waals surface area contributed by atoms with Crippen LogP contribution >= 0.6 is 0 Å². The van der Waals surface area contributed by atoms with Crippen LogP contribution in [0.25, 0.3) is 0 Å². The highest BCUT2D eigenvalue weighted by atomic mass is 19.2. The molecule has 17 heteroatoms. The van der Waals surface area contributed by atoms with Crippen LogP contribution in [0.4, 0.5) is 8.78 Å². The van der Waals surface area contributed by atoms with Crippen LogP contribution in [-0.4, -0.2) is 57.3 Å². The Labute approximate surface area is 146 Å². The number of nitro groups is 4. The van der Waals surface area contributed by atoms with Gasteiger partial charge in [0.1, 0.15) is 19.7 Å². The molecule has 0 saturated carbocycles. The lowest BCUT2D eigenvalue weighted by atomic mass is 10.0. The van der Waals surface area contributed by atoms with Gasteiger partial charge >= 0.3 is 11.8 Å². The van der Waals surface area contributed by atoms with Gasteiger partial charge in [-0.15, -0.1) is 0 Å². The smallest absolute Gasteiger partial charge is 0.351 e. The zero-order valence-corrected chi connectivity index (χ0v) is 13.2. The maximum atomic E-state index is 14.1. The molecule has 152 valence electrons. The highest BCUT2D eigenvalue weighted by Gasteiger charge is 2.68. The van der Waals surface area contributed by atoms with Gasteiger partial charge in [0, 0.05) is 12.8 Å². The topological polar surface area (TPSA) is 200 Å². The summed E-state index contributed by atoms with van der Waals surface area (Å²) in [7, 11) is 0. The van der Waals surface area contributed by atoms with Crippen molar-refractivity contribution in [3.05, 3.63) is 40.5 Å². The lowest BCUT2D eigenvalue weighted by Gasteiger charge is -2.17. The van der Waals surface area contributed by atoms with E-state index in [0.717, 1.165) is 0 Å². The average molecular weight is 402 g/mol. The molecular weight excluding hydrogens is 390 g/mol. The van der Waals surface area contributed by atoms with E-state index in [1.165, 1.54) is 0 Å². The fourth-order valence-corrected chi connectivity index (χ4v) is 2.78. The van der Waals surface area contributed by atoms with Crippen molar-refractivity contribution in [3.8, 4) is 0 Å². The third-order valence-electron chi connectivity index (χ3n) is 4.29. The van der Waals surface area contributed by atoms with E-state index in [-0.39, 0.29) is 0 Å². The number of halogens is 2. The van der Waals surface area contributed by atoms with E-state index in [4.69, 9.17) is 14.2 Å². The third kappa shape index (κ3) is 3.47. The minimum absolute atomic E-state index is 0.631. The summed E-state index contributed by atoms with van der Waals surface area (Å²) in [6.07, 6.45) is -4.11. The van der Waals surface area contributed by atoms with E-state index in [2.05, 4.69) is 0 Å². The normalized spacial score (nSPS) is 28.8. The number of hydrogen-bond acceptors (Lipinski definition) is 11. The van der Waals surface area contributed by atoms with Gasteiger partial charge < -0.3 is 14.2 Å². The molecule has 2 saturated heterocycles. The molecule has 2 heterocycles. The molecule has 0 aliphatic carbocycles. The minimum Gasteiger partial charge on any atom is -0.351 e. The maximum Gasteiger partial charge on any atom is 0.619 e. The zero-order valence-electron chi connectivity index (χ0n) is 13.2. The predicted octanol–water partition coefficient (Wildman–Crippen LogP) is 0.0816. The Kier molecular flexibility index (Phi) is 5.47. The SMILES string of the molecule is O=[N+]([O-])C(F)(C1COC(OC2CC(C(F)([N+](=O)[O-])[N+](=O)[O-])CO2)C1)[N+](=O)[O-]. The fraction of sp³-hybridized carbons (Fsp3) is 1.00. The van der Waals surface area contributed by atoms with Crippen LogP contribution in [0.2, 0.25) is 0 Å². The molecule has 0 spiro atoms. The van der Waals surface area contributed by atoms with Crippen molar-refractivity contribution in [1.82, 2.24) is 0 Å². The van der Waals surface area contributed by atoms with E-state index < -0.39 is 82.0 Å². The summed E-state index contributed by atoms with van der Waals surface area (Å²) in [5.41, 5.74) is 0. The molecule has 0 bridgehead atoms. The number of rotatable bonds is 8. The van der Waals surface area contributed by atoms with Crippen LogP contribution in [0, 0.1) is 52.3 Å². The second kappa shape index (κ2) is 7.16. The predicted molar refractivity (Wildman–Crippen MR) is 72.4 cm³/mol. The molecule has 0 amide bonds. The standard InChI is InChI=1S/C10H12F2N4O11/c11-9(13(17)18,14(19)20)5-1-7(25-3-5)27-8-2-6(4-26-8)10(12,15(21)22)16(23)24/h5-8H,1-4H2. The quantitative estimate of drug-likeness (QED) is 0.230. The van der Waals surface area contributed by atoms with Crippen LogP contribution in [0.3, 0.4) is 0 Å². The molecule has 0 N–H and O–H groups in total. The monoisotopic (exact) mass is 402 g/mol. The van der Waals surface area contributed by atoms with Gasteiger partial charge in [0.2, 0.25) is 0 Å². The fourth-order valence-electron chi connectivity index (χ4n) is 2.78. The molecule has 2 rings (SSSR count). The molecule has 2 fully saturated rings. The Balaban J connectivity index is 1.99. The first-order chi connectivity index (χ1) is 12.4. The van der Waals surface area contributed by atoms with Crippen LogP contribution < -0.4 is 0 Å². The Hall–Kier alpha value is -2.66. The van der Waals surface area contributed by atoms with E-state index >= 15 is 0 Å². The van der Waals surface area contributed by atoms with Crippen LogP contribution in [-0.2, 0) is 14.2 Å². The molecule has 4 unspecified atom stereocenters. The summed E-state index contributed by atoms with van der Waals surface area (Å²) < 4.78 is 42.9. The van der Waals surface area contributed by atoms with Crippen molar-refractivity contribution in [3.63, 3.8) is 0 Å². The number of nitrogens with zero attached hydrogens (tertiary/aromatic N) is 4. The van der Waals surface area contributed by atoms with Gasteiger partial charge in [-0.05, 0) is 0 Å². The second-order valence-electron chi connectivity index (χ2n) is 5.83. The van der Waals surface area contributed by atoms with Crippen molar-refractivity contribution in [2.75, 3.05) is 13.2 Å². The molecule has 15 nitrogen and oxygen atoms in total. The van der Waals surface area contributed by atoms with Crippen molar-refractivity contribution >= 4 is 0 Å².